The average molecular weight is 205 g/mol. The van der Waals surface area contributed by atoms with Gasteiger partial charge in [-0.05, 0) is 11.8 Å². The third-order valence-corrected chi connectivity index (χ3v) is 2.07. The average Bonchev–Trinajstić information content (AvgIpc) is 2.04. The largest absolute Gasteiger partial charge is 0.433 e. The lowest BCUT2D eigenvalue weighted by molar-refractivity contribution is -0.0502. The van der Waals surface area contributed by atoms with Gasteiger partial charge in [-0.3, -0.25) is 4.98 Å². The highest BCUT2D eigenvalue weighted by molar-refractivity contribution is 7.99. The number of hydrogen-bond acceptors (Lipinski definition) is 3. The number of alkyl halides is 2. The second-order valence-corrected chi connectivity index (χ2v) is 3.51. The van der Waals surface area contributed by atoms with Gasteiger partial charge in [0.15, 0.2) is 0 Å². The first-order valence-corrected chi connectivity index (χ1v) is 4.73. The molecule has 2 nitrogen and oxygen atoms in total. The van der Waals surface area contributed by atoms with E-state index in [9.17, 15) is 8.78 Å². The minimum Gasteiger partial charge on any atom is -0.433 e. The van der Waals surface area contributed by atoms with Crippen molar-refractivity contribution in [2.24, 2.45) is 0 Å². The molecule has 0 amide bonds. The summed E-state index contributed by atoms with van der Waals surface area (Å²) in [6.45, 7) is -0.811. The Hall–Kier alpha value is -0.840. The molecule has 0 aromatic carbocycles. The fourth-order valence-electron chi connectivity index (χ4n) is 0.812. The quantitative estimate of drug-likeness (QED) is 0.705. The van der Waals surface area contributed by atoms with Crippen molar-refractivity contribution in [1.29, 1.82) is 0 Å². The van der Waals surface area contributed by atoms with E-state index in [1.807, 2.05) is 6.92 Å². The Kier molecular flexibility index (Phi) is 3.95. The molecule has 5 heteroatoms. The van der Waals surface area contributed by atoms with E-state index in [2.05, 4.69) is 9.72 Å². The topological polar surface area (TPSA) is 22.1 Å². The number of ether oxygens (including phenoxy) is 1. The summed E-state index contributed by atoms with van der Waals surface area (Å²) < 4.78 is 27.8. The number of rotatable bonds is 4. The highest BCUT2D eigenvalue weighted by atomic mass is 32.2. The molecule has 0 bridgehead atoms. The van der Waals surface area contributed by atoms with Crippen molar-refractivity contribution >= 4 is 11.8 Å². The number of hydrogen-bond donors (Lipinski definition) is 0. The highest BCUT2D eigenvalue weighted by Gasteiger charge is 2.04. The molecule has 1 aromatic heterocycles. The van der Waals surface area contributed by atoms with Crippen LogP contribution in [0.25, 0.3) is 0 Å². The zero-order valence-corrected chi connectivity index (χ0v) is 7.85. The van der Waals surface area contributed by atoms with Gasteiger partial charge in [-0.15, -0.1) is 11.8 Å². The van der Waals surface area contributed by atoms with Gasteiger partial charge in [0.05, 0.1) is 6.20 Å². The Morgan fingerprint density at radius 1 is 1.54 bits per heavy atom. The molecule has 1 rings (SSSR count). The number of pyridine rings is 1. The smallest absolute Gasteiger partial charge is 0.387 e. The van der Waals surface area contributed by atoms with Crippen molar-refractivity contribution in [2.75, 3.05) is 5.75 Å². The molecule has 0 saturated heterocycles. The molecular weight excluding hydrogens is 196 g/mol. The lowest BCUT2D eigenvalue weighted by Crippen LogP contribution is -2.02. The molecule has 0 fully saturated rings. The van der Waals surface area contributed by atoms with Gasteiger partial charge in [0.25, 0.3) is 0 Å². The van der Waals surface area contributed by atoms with Gasteiger partial charge in [-0.2, -0.15) is 8.78 Å². The second-order valence-electron chi connectivity index (χ2n) is 2.17. The maximum atomic E-state index is 11.8. The van der Waals surface area contributed by atoms with Crippen molar-refractivity contribution in [3.63, 3.8) is 0 Å². The molecule has 0 N–H and O–H groups in total. The summed E-state index contributed by atoms with van der Waals surface area (Å²) in [7, 11) is 0. The highest BCUT2D eigenvalue weighted by Crippen LogP contribution is 2.21. The molecular formula is C8H9F2NOS. The number of aromatic nitrogens is 1. The Morgan fingerprint density at radius 2 is 2.31 bits per heavy atom. The summed E-state index contributed by atoms with van der Waals surface area (Å²) in [6, 6.07) is 1.55. The third-order valence-electron chi connectivity index (χ3n) is 1.22. The van der Waals surface area contributed by atoms with Crippen LogP contribution in [-0.2, 0) is 0 Å². The Labute approximate surface area is 79.3 Å². The molecule has 1 aromatic rings. The first-order chi connectivity index (χ1) is 6.22. The van der Waals surface area contributed by atoms with Crippen LogP contribution in [0.5, 0.6) is 5.75 Å². The van der Waals surface area contributed by atoms with Crippen molar-refractivity contribution in [3.8, 4) is 5.75 Å². The maximum absolute atomic E-state index is 11.8. The van der Waals surface area contributed by atoms with E-state index in [0.717, 1.165) is 10.6 Å². The Bertz CT molecular complexity index is 270. The molecule has 13 heavy (non-hydrogen) atoms. The molecule has 1 heterocycles. The van der Waals surface area contributed by atoms with Crippen LogP contribution < -0.4 is 4.74 Å². The summed E-state index contributed by atoms with van der Waals surface area (Å²) in [5, 5.41) is 0. The number of nitrogens with zero attached hydrogens (tertiary/aromatic N) is 1. The summed E-state index contributed by atoms with van der Waals surface area (Å²) >= 11 is 1.53. The third kappa shape index (κ3) is 3.59. The number of thioether (sulfide) groups is 1. The lowest BCUT2D eigenvalue weighted by atomic mass is 10.5. The molecule has 0 aliphatic rings. The molecule has 0 atom stereocenters. The first-order valence-electron chi connectivity index (χ1n) is 3.75. The van der Waals surface area contributed by atoms with Crippen molar-refractivity contribution in [3.05, 3.63) is 18.5 Å². The van der Waals surface area contributed by atoms with E-state index in [0.29, 0.717) is 0 Å². The zero-order valence-electron chi connectivity index (χ0n) is 7.04. The van der Waals surface area contributed by atoms with E-state index in [1.54, 1.807) is 12.3 Å². The van der Waals surface area contributed by atoms with Crippen molar-refractivity contribution in [1.82, 2.24) is 4.98 Å². The van der Waals surface area contributed by atoms with Gasteiger partial charge in [0, 0.05) is 11.1 Å². The van der Waals surface area contributed by atoms with Crippen LogP contribution >= 0.6 is 11.8 Å². The van der Waals surface area contributed by atoms with Gasteiger partial charge >= 0.3 is 6.61 Å². The van der Waals surface area contributed by atoms with Crippen LogP contribution in [0.1, 0.15) is 6.92 Å². The van der Waals surface area contributed by atoms with Gasteiger partial charge < -0.3 is 4.74 Å². The van der Waals surface area contributed by atoms with Crippen LogP contribution in [0.4, 0.5) is 8.78 Å². The molecule has 0 aliphatic heterocycles. The molecule has 72 valence electrons. The monoisotopic (exact) mass is 205 g/mol. The fourth-order valence-corrected chi connectivity index (χ4v) is 1.48. The Morgan fingerprint density at radius 3 is 2.92 bits per heavy atom. The van der Waals surface area contributed by atoms with Gasteiger partial charge in [-0.1, -0.05) is 6.92 Å². The van der Waals surface area contributed by atoms with Crippen LogP contribution in [0.2, 0.25) is 0 Å². The van der Waals surface area contributed by atoms with Crippen LogP contribution in [0.15, 0.2) is 23.4 Å². The lowest BCUT2D eigenvalue weighted by Gasteiger charge is -2.04. The minimum atomic E-state index is -2.79. The summed E-state index contributed by atoms with van der Waals surface area (Å²) in [5.74, 6) is 0.980. The summed E-state index contributed by atoms with van der Waals surface area (Å²) in [6.07, 6.45) is 2.89. The van der Waals surface area contributed by atoms with E-state index >= 15 is 0 Å². The zero-order chi connectivity index (χ0) is 9.68. The van der Waals surface area contributed by atoms with E-state index < -0.39 is 6.61 Å². The molecule has 0 saturated carbocycles. The van der Waals surface area contributed by atoms with Crippen molar-refractivity contribution in [2.45, 2.75) is 18.4 Å². The van der Waals surface area contributed by atoms with E-state index in [-0.39, 0.29) is 5.75 Å². The molecule has 0 spiro atoms. The van der Waals surface area contributed by atoms with Crippen LogP contribution in [-0.4, -0.2) is 17.3 Å². The van der Waals surface area contributed by atoms with Gasteiger partial charge in [-0.25, -0.2) is 0 Å². The SMILES string of the molecule is CCSc1cncc(OC(F)F)c1. The van der Waals surface area contributed by atoms with E-state index in [1.165, 1.54) is 18.0 Å². The minimum absolute atomic E-state index is 0.105. The Balaban J connectivity index is 2.67. The second kappa shape index (κ2) is 5.01. The molecule has 0 aliphatic carbocycles. The van der Waals surface area contributed by atoms with Crippen molar-refractivity contribution < 1.29 is 13.5 Å². The number of halogens is 2. The van der Waals surface area contributed by atoms with Gasteiger partial charge in [0.2, 0.25) is 0 Å². The normalized spacial score (nSPS) is 10.5. The van der Waals surface area contributed by atoms with E-state index in [4.69, 9.17) is 0 Å². The predicted octanol–water partition coefficient (Wildman–Crippen LogP) is 2.80. The van der Waals surface area contributed by atoms with Crippen LogP contribution in [0.3, 0.4) is 0 Å². The standard InChI is InChI=1S/C8H9F2NOS/c1-2-13-7-3-6(4-11-5-7)12-8(9)10/h3-5,8H,2H2,1H3. The molecule has 0 radical (unpaired) electrons. The fraction of sp³-hybridized carbons (Fsp3) is 0.375. The van der Waals surface area contributed by atoms with Gasteiger partial charge in [0.1, 0.15) is 5.75 Å². The first kappa shape index (κ1) is 10.2. The summed E-state index contributed by atoms with van der Waals surface area (Å²) in [5.41, 5.74) is 0. The summed E-state index contributed by atoms with van der Waals surface area (Å²) in [4.78, 5) is 4.61. The molecule has 0 unspecified atom stereocenters. The van der Waals surface area contributed by atoms with Crippen LogP contribution in [0, 0.1) is 0 Å². The maximum Gasteiger partial charge on any atom is 0.387 e. The predicted molar refractivity (Wildman–Crippen MR) is 47.3 cm³/mol.